The van der Waals surface area contributed by atoms with E-state index in [0.29, 0.717) is 32.7 Å². The molecular formula is C13H26N4O4S. The maximum atomic E-state index is 12.1. The standard InChI is InChI=1S/C13H26N4O4S/c1-12(15-7-9-21-10-8-15)11-14-13(18)16-3-5-17(6-4-16)22(2,19)20/h12H,3-11H2,1-2H3,(H,14,18)/t12-/m0/s1. The molecule has 0 spiro atoms. The average Bonchev–Trinajstić information content (AvgIpc) is 2.52. The van der Waals surface area contributed by atoms with Crippen LogP contribution in [0.2, 0.25) is 0 Å². The van der Waals surface area contributed by atoms with Gasteiger partial charge < -0.3 is 15.0 Å². The molecule has 2 aliphatic rings. The molecule has 9 heteroatoms. The number of nitrogens with zero attached hydrogens (tertiary/aromatic N) is 3. The van der Waals surface area contributed by atoms with Crippen LogP contribution in [-0.2, 0) is 14.8 Å². The Kier molecular flexibility index (Phi) is 6.01. The van der Waals surface area contributed by atoms with Crippen molar-refractivity contribution >= 4 is 16.1 Å². The minimum Gasteiger partial charge on any atom is -0.379 e. The number of carbonyl (C=O) groups excluding carboxylic acids is 1. The van der Waals surface area contributed by atoms with E-state index in [1.165, 1.54) is 10.6 Å². The highest BCUT2D eigenvalue weighted by molar-refractivity contribution is 7.88. The van der Waals surface area contributed by atoms with Gasteiger partial charge in [-0.05, 0) is 6.92 Å². The smallest absolute Gasteiger partial charge is 0.317 e. The van der Waals surface area contributed by atoms with Crippen LogP contribution in [0, 0.1) is 0 Å². The van der Waals surface area contributed by atoms with Crippen LogP contribution < -0.4 is 5.32 Å². The number of hydrogen-bond donors (Lipinski definition) is 1. The Hall–Kier alpha value is -0.900. The number of nitrogens with one attached hydrogen (secondary N) is 1. The Morgan fingerprint density at radius 1 is 1.14 bits per heavy atom. The van der Waals surface area contributed by atoms with Crippen LogP contribution in [0.5, 0.6) is 0 Å². The van der Waals surface area contributed by atoms with Crippen LogP contribution in [0.4, 0.5) is 4.79 Å². The predicted molar refractivity (Wildman–Crippen MR) is 83.2 cm³/mol. The lowest BCUT2D eigenvalue weighted by molar-refractivity contribution is 0.0206. The first kappa shape index (κ1) is 17.5. The molecule has 0 aromatic heterocycles. The Labute approximate surface area is 132 Å². The second-order valence-corrected chi connectivity index (χ2v) is 7.81. The van der Waals surface area contributed by atoms with Crippen LogP contribution in [0.15, 0.2) is 0 Å². The molecule has 0 bridgehead atoms. The monoisotopic (exact) mass is 334 g/mol. The van der Waals surface area contributed by atoms with Crippen LogP contribution in [0.3, 0.4) is 0 Å². The van der Waals surface area contributed by atoms with Gasteiger partial charge in [0.2, 0.25) is 10.0 Å². The number of piperazine rings is 1. The van der Waals surface area contributed by atoms with E-state index in [0.717, 1.165) is 26.3 Å². The lowest BCUT2D eigenvalue weighted by Gasteiger charge is -2.35. The quantitative estimate of drug-likeness (QED) is 0.713. The first-order valence-electron chi connectivity index (χ1n) is 7.67. The SMILES string of the molecule is C[C@@H](CNC(=O)N1CCN(S(C)(=O)=O)CC1)N1CCOCC1. The van der Waals surface area contributed by atoms with Crippen molar-refractivity contribution in [3.05, 3.63) is 0 Å². The summed E-state index contributed by atoms with van der Waals surface area (Å²) in [6.45, 7) is 7.55. The highest BCUT2D eigenvalue weighted by Gasteiger charge is 2.26. The molecule has 2 aliphatic heterocycles. The van der Waals surface area contributed by atoms with Crippen LogP contribution in [0.1, 0.15) is 6.92 Å². The van der Waals surface area contributed by atoms with Gasteiger partial charge in [0.15, 0.2) is 0 Å². The minimum atomic E-state index is -3.16. The van der Waals surface area contributed by atoms with Crippen molar-refractivity contribution in [2.75, 3.05) is 65.3 Å². The van der Waals surface area contributed by atoms with Crippen molar-refractivity contribution in [1.82, 2.24) is 19.4 Å². The molecule has 1 atom stereocenters. The van der Waals surface area contributed by atoms with Crippen molar-refractivity contribution in [3.63, 3.8) is 0 Å². The van der Waals surface area contributed by atoms with Crippen molar-refractivity contribution < 1.29 is 17.9 Å². The maximum Gasteiger partial charge on any atom is 0.317 e. The van der Waals surface area contributed by atoms with Gasteiger partial charge in [0.1, 0.15) is 0 Å². The van der Waals surface area contributed by atoms with Gasteiger partial charge in [0.25, 0.3) is 0 Å². The molecule has 0 aromatic carbocycles. The molecule has 22 heavy (non-hydrogen) atoms. The minimum absolute atomic E-state index is 0.117. The highest BCUT2D eigenvalue weighted by atomic mass is 32.2. The summed E-state index contributed by atoms with van der Waals surface area (Å²) in [5, 5.41) is 2.94. The van der Waals surface area contributed by atoms with Gasteiger partial charge in [0.05, 0.1) is 19.5 Å². The summed E-state index contributed by atoms with van der Waals surface area (Å²) in [5.74, 6) is 0. The molecular weight excluding hydrogens is 308 g/mol. The van der Waals surface area contributed by atoms with E-state index >= 15 is 0 Å². The van der Waals surface area contributed by atoms with E-state index in [1.807, 2.05) is 0 Å². The summed E-state index contributed by atoms with van der Waals surface area (Å²) in [5.41, 5.74) is 0. The molecule has 2 fully saturated rings. The topological polar surface area (TPSA) is 82.2 Å². The third-order valence-electron chi connectivity index (χ3n) is 4.21. The molecule has 128 valence electrons. The number of rotatable bonds is 4. The molecule has 0 unspecified atom stereocenters. The lowest BCUT2D eigenvalue weighted by Crippen LogP contribution is -2.54. The first-order chi connectivity index (χ1) is 10.4. The molecule has 0 radical (unpaired) electrons. The van der Waals surface area contributed by atoms with Gasteiger partial charge in [-0.25, -0.2) is 13.2 Å². The Bertz CT molecular complexity index is 470. The summed E-state index contributed by atoms with van der Waals surface area (Å²) in [4.78, 5) is 16.1. The number of amides is 2. The van der Waals surface area contributed by atoms with Crippen LogP contribution in [0.25, 0.3) is 0 Å². The summed E-state index contributed by atoms with van der Waals surface area (Å²) < 4.78 is 29.6. The van der Waals surface area contributed by atoms with Crippen LogP contribution >= 0.6 is 0 Å². The van der Waals surface area contributed by atoms with Crippen molar-refractivity contribution in [2.45, 2.75) is 13.0 Å². The number of sulfonamides is 1. The van der Waals surface area contributed by atoms with Crippen LogP contribution in [-0.4, -0.2) is 99.9 Å². The zero-order valence-corrected chi connectivity index (χ0v) is 14.1. The summed E-state index contributed by atoms with van der Waals surface area (Å²) in [7, 11) is -3.16. The Balaban J connectivity index is 1.72. The number of carbonyl (C=O) groups is 1. The lowest BCUT2D eigenvalue weighted by atomic mass is 10.2. The average molecular weight is 334 g/mol. The first-order valence-corrected chi connectivity index (χ1v) is 9.52. The van der Waals surface area contributed by atoms with E-state index in [2.05, 4.69) is 17.1 Å². The molecule has 1 N–H and O–H groups in total. The second kappa shape index (κ2) is 7.58. The molecule has 2 rings (SSSR count). The van der Waals surface area contributed by atoms with E-state index in [-0.39, 0.29) is 12.1 Å². The van der Waals surface area contributed by atoms with Gasteiger partial charge in [-0.2, -0.15) is 4.31 Å². The number of morpholine rings is 1. The molecule has 8 nitrogen and oxygen atoms in total. The highest BCUT2D eigenvalue weighted by Crippen LogP contribution is 2.07. The molecule has 2 amide bonds. The fourth-order valence-electron chi connectivity index (χ4n) is 2.72. The third-order valence-corrected chi connectivity index (χ3v) is 5.52. The summed E-state index contributed by atoms with van der Waals surface area (Å²) in [6.07, 6.45) is 1.20. The largest absolute Gasteiger partial charge is 0.379 e. The zero-order chi connectivity index (χ0) is 16.2. The van der Waals surface area contributed by atoms with E-state index in [9.17, 15) is 13.2 Å². The van der Waals surface area contributed by atoms with Gasteiger partial charge in [0, 0.05) is 51.9 Å². The summed E-state index contributed by atoms with van der Waals surface area (Å²) in [6, 6.07) is 0.151. The van der Waals surface area contributed by atoms with E-state index < -0.39 is 10.0 Å². The fraction of sp³-hybridized carbons (Fsp3) is 0.923. The van der Waals surface area contributed by atoms with Crippen molar-refractivity contribution in [2.24, 2.45) is 0 Å². The molecule has 0 saturated carbocycles. The second-order valence-electron chi connectivity index (χ2n) is 5.83. The predicted octanol–water partition coefficient (Wildman–Crippen LogP) is -1.01. The molecule has 2 heterocycles. The van der Waals surface area contributed by atoms with E-state index in [1.54, 1.807) is 4.90 Å². The molecule has 0 aliphatic carbocycles. The van der Waals surface area contributed by atoms with E-state index in [4.69, 9.17) is 4.74 Å². The molecule has 2 saturated heterocycles. The van der Waals surface area contributed by atoms with Crippen molar-refractivity contribution in [1.29, 1.82) is 0 Å². The Morgan fingerprint density at radius 2 is 1.73 bits per heavy atom. The summed E-state index contributed by atoms with van der Waals surface area (Å²) >= 11 is 0. The third kappa shape index (κ3) is 4.80. The van der Waals surface area contributed by atoms with Gasteiger partial charge in [-0.1, -0.05) is 0 Å². The fourth-order valence-corrected chi connectivity index (χ4v) is 3.54. The normalized spacial score (nSPS) is 23.3. The number of hydrogen-bond acceptors (Lipinski definition) is 5. The Morgan fingerprint density at radius 3 is 2.27 bits per heavy atom. The number of ether oxygens (including phenoxy) is 1. The molecule has 0 aromatic rings. The van der Waals surface area contributed by atoms with Gasteiger partial charge >= 0.3 is 6.03 Å². The van der Waals surface area contributed by atoms with Crippen molar-refractivity contribution in [3.8, 4) is 0 Å². The van der Waals surface area contributed by atoms with Gasteiger partial charge in [-0.3, -0.25) is 4.90 Å². The maximum absolute atomic E-state index is 12.1. The number of urea groups is 1. The van der Waals surface area contributed by atoms with Gasteiger partial charge in [-0.15, -0.1) is 0 Å². The zero-order valence-electron chi connectivity index (χ0n) is 13.3.